The molecular formula is C11H12BrN3O. The molecule has 16 heavy (non-hydrogen) atoms. The Hall–Kier alpha value is -1.49. The number of benzene rings is 1. The fourth-order valence-electron chi connectivity index (χ4n) is 1.44. The molecule has 2 N–H and O–H groups in total. The van der Waals surface area contributed by atoms with Crippen LogP contribution in [0, 0.1) is 0 Å². The summed E-state index contributed by atoms with van der Waals surface area (Å²) in [6.45, 7) is 0.640. The van der Waals surface area contributed by atoms with Crippen LogP contribution in [0.4, 0.5) is 11.5 Å². The minimum absolute atomic E-state index is 0.414. The van der Waals surface area contributed by atoms with Gasteiger partial charge in [-0.25, -0.2) is 0 Å². The van der Waals surface area contributed by atoms with Crippen LogP contribution in [0.2, 0.25) is 0 Å². The maximum atomic E-state index is 5.49. The number of hydrogen-bond donors (Lipinski definition) is 1. The molecule has 0 aliphatic rings. The molecule has 0 bridgehead atoms. The molecule has 0 atom stereocenters. The maximum Gasteiger partial charge on any atom is 0.167 e. The molecule has 0 spiro atoms. The van der Waals surface area contributed by atoms with Gasteiger partial charge < -0.3 is 15.2 Å². The standard InChI is InChI=1S/C11H12BrN3O/c1-15(7-10-6-11(13)14-16-10)9-4-2-3-8(12)5-9/h2-6H,7H2,1H3,(H2,13,14). The monoisotopic (exact) mass is 281 g/mol. The highest BCUT2D eigenvalue weighted by molar-refractivity contribution is 9.10. The number of nitrogens with two attached hydrogens (primary N) is 1. The molecule has 2 rings (SSSR count). The summed E-state index contributed by atoms with van der Waals surface area (Å²) in [5.74, 6) is 1.16. The molecule has 0 saturated heterocycles. The highest BCUT2D eigenvalue weighted by Crippen LogP contribution is 2.20. The van der Waals surface area contributed by atoms with E-state index in [0.29, 0.717) is 12.4 Å². The van der Waals surface area contributed by atoms with E-state index in [2.05, 4.69) is 26.0 Å². The molecule has 1 heterocycles. The highest BCUT2D eigenvalue weighted by Gasteiger charge is 2.06. The van der Waals surface area contributed by atoms with Gasteiger partial charge >= 0.3 is 0 Å². The number of halogens is 1. The van der Waals surface area contributed by atoms with E-state index in [1.165, 1.54) is 0 Å². The number of hydrogen-bond acceptors (Lipinski definition) is 4. The molecule has 4 nitrogen and oxygen atoms in total. The fraction of sp³-hybridized carbons (Fsp3) is 0.182. The number of rotatable bonds is 3. The van der Waals surface area contributed by atoms with Crippen molar-refractivity contribution in [3.8, 4) is 0 Å². The highest BCUT2D eigenvalue weighted by atomic mass is 79.9. The van der Waals surface area contributed by atoms with Crippen molar-refractivity contribution in [2.24, 2.45) is 0 Å². The Bertz CT molecular complexity index is 484. The first kappa shape index (κ1) is 11.0. The zero-order valence-electron chi connectivity index (χ0n) is 8.85. The summed E-state index contributed by atoms with van der Waals surface area (Å²) in [5, 5.41) is 3.65. The molecule has 1 aromatic heterocycles. The van der Waals surface area contributed by atoms with E-state index in [1.807, 2.05) is 31.3 Å². The predicted octanol–water partition coefficient (Wildman–Crippen LogP) is 2.66. The molecule has 84 valence electrons. The second-order valence-corrected chi connectivity index (χ2v) is 4.47. The topological polar surface area (TPSA) is 55.3 Å². The van der Waals surface area contributed by atoms with Crippen molar-refractivity contribution < 1.29 is 4.52 Å². The van der Waals surface area contributed by atoms with Gasteiger partial charge in [0.15, 0.2) is 11.6 Å². The van der Waals surface area contributed by atoms with Crippen LogP contribution >= 0.6 is 15.9 Å². The van der Waals surface area contributed by atoms with Crippen LogP contribution in [0.1, 0.15) is 5.76 Å². The van der Waals surface area contributed by atoms with Crippen LogP contribution in [-0.4, -0.2) is 12.2 Å². The molecule has 0 amide bonds. The number of anilines is 2. The lowest BCUT2D eigenvalue weighted by Crippen LogP contribution is -2.15. The molecule has 2 aromatic rings. The maximum absolute atomic E-state index is 5.49. The van der Waals surface area contributed by atoms with Crippen molar-refractivity contribution in [2.45, 2.75) is 6.54 Å². The first-order chi connectivity index (χ1) is 7.65. The number of aromatic nitrogens is 1. The lowest BCUT2D eigenvalue weighted by molar-refractivity contribution is 0.385. The van der Waals surface area contributed by atoms with Gasteiger partial charge in [0, 0.05) is 23.3 Å². The Morgan fingerprint density at radius 1 is 1.44 bits per heavy atom. The Kier molecular flexibility index (Phi) is 3.14. The minimum Gasteiger partial charge on any atom is -0.381 e. The van der Waals surface area contributed by atoms with Crippen LogP contribution in [0.25, 0.3) is 0 Å². The largest absolute Gasteiger partial charge is 0.381 e. The summed E-state index contributed by atoms with van der Waals surface area (Å²) in [4.78, 5) is 2.06. The van der Waals surface area contributed by atoms with E-state index in [9.17, 15) is 0 Å². The normalized spacial score (nSPS) is 10.4. The first-order valence-corrected chi connectivity index (χ1v) is 5.62. The zero-order chi connectivity index (χ0) is 11.5. The van der Waals surface area contributed by atoms with Crippen molar-refractivity contribution in [3.63, 3.8) is 0 Å². The van der Waals surface area contributed by atoms with Gasteiger partial charge in [-0.2, -0.15) is 0 Å². The smallest absolute Gasteiger partial charge is 0.167 e. The van der Waals surface area contributed by atoms with E-state index in [1.54, 1.807) is 6.07 Å². The van der Waals surface area contributed by atoms with Crippen LogP contribution in [0.5, 0.6) is 0 Å². The molecule has 0 unspecified atom stereocenters. The average molecular weight is 282 g/mol. The summed E-state index contributed by atoms with van der Waals surface area (Å²) in [5.41, 5.74) is 6.59. The van der Waals surface area contributed by atoms with Crippen LogP contribution in [0.15, 0.2) is 39.3 Å². The summed E-state index contributed by atoms with van der Waals surface area (Å²) in [7, 11) is 1.99. The minimum atomic E-state index is 0.414. The molecule has 0 aliphatic carbocycles. The zero-order valence-corrected chi connectivity index (χ0v) is 10.4. The van der Waals surface area contributed by atoms with Crippen molar-refractivity contribution in [2.75, 3.05) is 17.7 Å². The van der Waals surface area contributed by atoms with Crippen molar-refractivity contribution in [1.29, 1.82) is 0 Å². The second kappa shape index (κ2) is 4.57. The summed E-state index contributed by atoms with van der Waals surface area (Å²) < 4.78 is 6.11. The van der Waals surface area contributed by atoms with Gasteiger partial charge in [0.1, 0.15) is 0 Å². The van der Waals surface area contributed by atoms with E-state index in [4.69, 9.17) is 10.3 Å². The van der Waals surface area contributed by atoms with Crippen LogP contribution in [-0.2, 0) is 6.54 Å². The Balaban J connectivity index is 2.11. The van der Waals surface area contributed by atoms with Gasteiger partial charge in [-0.1, -0.05) is 27.2 Å². The average Bonchev–Trinajstić information content (AvgIpc) is 2.64. The van der Waals surface area contributed by atoms with Gasteiger partial charge in [0.25, 0.3) is 0 Å². The predicted molar refractivity (Wildman–Crippen MR) is 67.2 cm³/mol. The third kappa shape index (κ3) is 2.55. The lowest BCUT2D eigenvalue weighted by atomic mass is 10.3. The fourth-order valence-corrected chi connectivity index (χ4v) is 1.83. The van der Waals surface area contributed by atoms with Crippen molar-refractivity contribution in [1.82, 2.24) is 5.16 Å². The van der Waals surface area contributed by atoms with Gasteiger partial charge in [0.2, 0.25) is 0 Å². The number of nitrogens with zero attached hydrogens (tertiary/aromatic N) is 2. The van der Waals surface area contributed by atoms with E-state index >= 15 is 0 Å². The summed E-state index contributed by atoms with van der Waals surface area (Å²) in [6.07, 6.45) is 0. The molecule has 0 radical (unpaired) electrons. The van der Waals surface area contributed by atoms with Gasteiger partial charge in [-0.15, -0.1) is 0 Å². The van der Waals surface area contributed by atoms with E-state index in [0.717, 1.165) is 15.9 Å². The number of nitrogen functional groups attached to an aromatic ring is 1. The molecule has 0 aliphatic heterocycles. The van der Waals surface area contributed by atoms with E-state index in [-0.39, 0.29) is 0 Å². The molecule has 5 heteroatoms. The molecule has 0 saturated carbocycles. The SMILES string of the molecule is CN(Cc1cc(N)no1)c1cccc(Br)c1. The first-order valence-electron chi connectivity index (χ1n) is 4.83. The van der Waals surface area contributed by atoms with Crippen molar-refractivity contribution >= 4 is 27.4 Å². The van der Waals surface area contributed by atoms with Gasteiger partial charge in [-0.05, 0) is 18.2 Å². The van der Waals surface area contributed by atoms with E-state index < -0.39 is 0 Å². The lowest BCUT2D eigenvalue weighted by Gasteiger charge is -2.17. The summed E-state index contributed by atoms with van der Waals surface area (Å²) in [6, 6.07) is 9.78. The Labute approximate surface area is 102 Å². The van der Waals surface area contributed by atoms with Crippen LogP contribution in [0.3, 0.4) is 0 Å². The van der Waals surface area contributed by atoms with Gasteiger partial charge in [-0.3, -0.25) is 0 Å². The molecule has 1 aromatic carbocycles. The summed E-state index contributed by atoms with van der Waals surface area (Å²) >= 11 is 3.44. The third-order valence-electron chi connectivity index (χ3n) is 2.22. The molecule has 0 fully saturated rings. The Morgan fingerprint density at radius 2 is 2.25 bits per heavy atom. The second-order valence-electron chi connectivity index (χ2n) is 3.55. The van der Waals surface area contributed by atoms with Crippen LogP contribution < -0.4 is 10.6 Å². The quantitative estimate of drug-likeness (QED) is 0.940. The van der Waals surface area contributed by atoms with Gasteiger partial charge in [0.05, 0.1) is 6.54 Å². The molecular weight excluding hydrogens is 270 g/mol. The Morgan fingerprint density at radius 3 is 2.88 bits per heavy atom. The third-order valence-corrected chi connectivity index (χ3v) is 2.71. The van der Waals surface area contributed by atoms with Crippen molar-refractivity contribution in [3.05, 3.63) is 40.6 Å².